The molecule has 0 aromatic heterocycles. The van der Waals surface area contributed by atoms with Gasteiger partial charge in [0.05, 0.1) is 12.9 Å². The number of hydrogen-bond donors (Lipinski definition) is 0. The second-order valence-electron chi connectivity index (χ2n) is 2.18. The fourth-order valence-corrected chi connectivity index (χ4v) is 0.872. The van der Waals surface area contributed by atoms with Crippen LogP contribution in [0.3, 0.4) is 0 Å². The summed E-state index contributed by atoms with van der Waals surface area (Å²) >= 11 is 3.33. The molecule has 0 amide bonds. The molecular formula is C9H13BrO. The first-order chi connectivity index (χ1) is 5.11. The lowest BCUT2D eigenvalue weighted by molar-refractivity contribution is 0.290. The molecule has 11 heavy (non-hydrogen) atoms. The van der Waals surface area contributed by atoms with Crippen molar-refractivity contribution < 1.29 is 4.74 Å². The number of halogens is 1. The van der Waals surface area contributed by atoms with Gasteiger partial charge in [-0.2, -0.15) is 0 Å². The fourth-order valence-electron chi connectivity index (χ4n) is 0.528. The van der Waals surface area contributed by atoms with E-state index >= 15 is 0 Å². The van der Waals surface area contributed by atoms with Crippen molar-refractivity contribution in [3.05, 3.63) is 34.5 Å². The van der Waals surface area contributed by atoms with E-state index < -0.39 is 0 Å². The van der Waals surface area contributed by atoms with E-state index in [9.17, 15) is 0 Å². The summed E-state index contributed by atoms with van der Waals surface area (Å²) in [4.78, 5) is 0. The maximum absolute atomic E-state index is 5.04. The van der Waals surface area contributed by atoms with Gasteiger partial charge in [-0.25, -0.2) is 0 Å². The van der Waals surface area contributed by atoms with Gasteiger partial charge in [-0.1, -0.05) is 28.6 Å². The highest BCUT2D eigenvalue weighted by Crippen LogP contribution is 2.12. The van der Waals surface area contributed by atoms with Gasteiger partial charge in [-0.3, -0.25) is 0 Å². The van der Waals surface area contributed by atoms with Crippen LogP contribution in [0, 0.1) is 0 Å². The highest BCUT2D eigenvalue weighted by atomic mass is 79.9. The second kappa shape index (κ2) is 5.19. The highest BCUT2D eigenvalue weighted by Gasteiger charge is 1.92. The van der Waals surface area contributed by atoms with Crippen LogP contribution in [0.5, 0.6) is 0 Å². The molecule has 0 aliphatic rings. The van der Waals surface area contributed by atoms with E-state index in [-0.39, 0.29) is 0 Å². The Kier molecular flexibility index (Phi) is 4.95. The average Bonchev–Trinajstić information content (AvgIpc) is 2.02. The normalized spacial score (nSPS) is 14.0. The van der Waals surface area contributed by atoms with Crippen LogP contribution in [0.2, 0.25) is 0 Å². The van der Waals surface area contributed by atoms with E-state index in [0.29, 0.717) is 0 Å². The summed E-state index contributed by atoms with van der Waals surface area (Å²) in [7, 11) is 1.66. The molecule has 0 unspecified atom stereocenters. The molecule has 1 nitrogen and oxygen atoms in total. The van der Waals surface area contributed by atoms with Crippen molar-refractivity contribution in [2.24, 2.45) is 0 Å². The van der Waals surface area contributed by atoms with Crippen LogP contribution in [0.25, 0.3) is 0 Å². The Morgan fingerprint density at radius 2 is 2.00 bits per heavy atom. The summed E-state index contributed by atoms with van der Waals surface area (Å²) in [6.45, 7) is 7.54. The molecule has 0 aromatic carbocycles. The van der Waals surface area contributed by atoms with Crippen LogP contribution in [-0.2, 0) is 4.74 Å². The van der Waals surface area contributed by atoms with Gasteiger partial charge in [0.15, 0.2) is 0 Å². The number of hydrogen-bond acceptors (Lipinski definition) is 1. The molecular weight excluding hydrogens is 204 g/mol. The lowest BCUT2D eigenvalue weighted by Crippen LogP contribution is -1.83. The Bertz CT molecular complexity index is 202. The SMILES string of the molecule is C=C/C(Br)=C\C(C)=C(/C)OC. The first-order valence-electron chi connectivity index (χ1n) is 3.33. The van der Waals surface area contributed by atoms with E-state index in [1.165, 1.54) is 0 Å². The zero-order chi connectivity index (χ0) is 8.85. The minimum Gasteiger partial charge on any atom is -0.501 e. The molecule has 0 spiro atoms. The Morgan fingerprint density at radius 1 is 1.45 bits per heavy atom. The Hall–Kier alpha value is -0.500. The van der Waals surface area contributed by atoms with Crippen LogP contribution < -0.4 is 0 Å². The molecule has 0 N–H and O–H groups in total. The molecule has 0 saturated heterocycles. The lowest BCUT2D eigenvalue weighted by atomic mass is 10.2. The lowest BCUT2D eigenvalue weighted by Gasteiger charge is -2.01. The molecule has 0 fully saturated rings. The topological polar surface area (TPSA) is 9.23 Å². The van der Waals surface area contributed by atoms with Gasteiger partial charge in [0.1, 0.15) is 0 Å². The molecule has 0 saturated carbocycles. The van der Waals surface area contributed by atoms with Crippen molar-refractivity contribution >= 4 is 15.9 Å². The standard InChI is InChI=1S/C9H13BrO/c1-5-9(10)6-7(2)8(3)11-4/h5-6H,1H2,2-4H3/b8-7+,9-6+. The van der Waals surface area contributed by atoms with Gasteiger partial charge in [0.2, 0.25) is 0 Å². The molecule has 62 valence electrons. The van der Waals surface area contributed by atoms with E-state index in [4.69, 9.17) is 4.74 Å². The summed E-state index contributed by atoms with van der Waals surface area (Å²) in [5, 5.41) is 0. The summed E-state index contributed by atoms with van der Waals surface area (Å²) in [5.74, 6) is 0.920. The monoisotopic (exact) mass is 216 g/mol. The molecule has 0 aliphatic heterocycles. The summed E-state index contributed by atoms with van der Waals surface area (Å²) in [6.07, 6.45) is 3.71. The minimum atomic E-state index is 0.920. The van der Waals surface area contributed by atoms with Gasteiger partial charge in [-0.15, -0.1) is 0 Å². The zero-order valence-corrected chi connectivity index (χ0v) is 8.73. The number of allylic oxidation sites excluding steroid dienone is 5. The predicted octanol–water partition coefficient (Wildman–Crippen LogP) is 3.39. The predicted molar refractivity (Wildman–Crippen MR) is 52.6 cm³/mol. The summed E-state index contributed by atoms with van der Waals surface area (Å²) < 4.78 is 6.00. The van der Waals surface area contributed by atoms with Crippen molar-refractivity contribution in [2.45, 2.75) is 13.8 Å². The van der Waals surface area contributed by atoms with Crippen molar-refractivity contribution in [3.8, 4) is 0 Å². The molecule has 0 bridgehead atoms. The summed E-state index contributed by atoms with van der Waals surface area (Å²) in [5.41, 5.74) is 1.10. The molecule has 0 atom stereocenters. The van der Waals surface area contributed by atoms with Crippen molar-refractivity contribution in [3.63, 3.8) is 0 Å². The molecule has 0 rings (SSSR count). The zero-order valence-electron chi connectivity index (χ0n) is 7.15. The number of methoxy groups -OCH3 is 1. The van der Waals surface area contributed by atoms with Crippen LogP contribution in [0.1, 0.15) is 13.8 Å². The van der Waals surface area contributed by atoms with Crippen LogP contribution >= 0.6 is 15.9 Å². The third-order valence-electron chi connectivity index (χ3n) is 1.41. The van der Waals surface area contributed by atoms with E-state index in [1.54, 1.807) is 13.2 Å². The Morgan fingerprint density at radius 3 is 2.36 bits per heavy atom. The van der Waals surface area contributed by atoms with Crippen molar-refractivity contribution in [2.75, 3.05) is 7.11 Å². The highest BCUT2D eigenvalue weighted by molar-refractivity contribution is 9.11. The third kappa shape index (κ3) is 4.04. The van der Waals surface area contributed by atoms with Gasteiger partial charge in [0.25, 0.3) is 0 Å². The van der Waals surface area contributed by atoms with Crippen LogP contribution in [0.4, 0.5) is 0 Å². The number of rotatable bonds is 3. The van der Waals surface area contributed by atoms with Gasteiger partial charge >= 0.3 is 0 Å². The third-order valence-corrected chi connectivity index (χ3v) is 1.96. The second-order valence-corrected chi connectivity index (χ2v) is 3.09. The van der Waals surface area contributed by atoms with E-state index in [2.05, 4.69) is 22.5 Å². The minimum absolute atomic E-state index is 0.920. The average molecular weight is 217 g/mol. The maximum Gasteiger partial charge on any atom is 0.0953 e. The molecule has 0 aliphatic carbocycles. The number of ether oxygens (including phenoxy) is 1. The maximum atomic E-state index is 5.04. The van der Waals surface area contributed by atoms with Gasteiger partial charge in [0, 0.05) is 4.48 Å². The van der Waals surface area contributed by atoms with Crippen molar-refractivity contribution in [1.29, 1.82) is 0 Å². The Balaban J connectivity index is 4.49. The first-order valence-corrected chi connectivity index (χ1v) is 4.12. The first kappa shape index (κ1) is 10.5. The quantitative estimate of drug-likeness (QED) is 0.520. The van der Waals surface area contributed by atoms with E-state index in [0.717, 1.165) is 15.8 Å². The molecule has 0 heterocycles. The molecule has 0 aromatic rings. The Labute approximate surface area is 76.6 Å². The van der Waals surface area contributed by atoms with Gasteiger partial charge in [-0.05, 0) is 25.5 Å². The van der Waals surface area contributed by atoms with Gasteiger partial charge < -0.3 is 4.74 Å². The fraction of sp³-hybridized carbons (Fsp3) is 0.333. The summed E-state index contributed by atoms with van der Waals surface area (Å²) in [6, 6.07) is 0. The largest absolute Gasteiger partial charge is 0.501 e. The van der Waals surface area contributed by atoms with Crippen molar-refractivity contribution in [1.82, 2.24) is 0 Å². The van der Waals surface area contributed by atoms with E-state index in [1.807, 2.05) is 19.9 Å². The van der Waals surface area contributed by atoms with Crippen LogP contribution in [0.15, 0.2) is 34.5 Å². The smallest absolute Gasteiger partial charge is 0.0953 e. The molecule has 0 radical (unpaired) electrons. The van der Waals surface area contributed by atoms with Crippen LogP contribution in [-0.4, -0.2) is 7.11 Å². The molecule has 2 heteroatoms.